The summed E-state index contributed by atoms with van der Waals surface area (Å²) >= 11 is 0. The normalized spacial score (nSPS) is 20.1. The van der Waals surface area contributed by atoms with Gasteiger partial charge in [0.2, 0.25) is 0 Å². The number of anilines is 1. The van der Waals surface area contributed by atoms with Crippen molar-refractivity contribution in [2.45, 2.75) is 31.5 Å². The second-order valence-electron chi connectivity index (χ2n) is 8.35. The van der Waals surface area contributed by atoms with Crippen molar-refractivity contribution >= 4 is 11.6 Å². The number of amides is 1. The van der Waals surface area contributed by atoms with Gasteiger partial charge in [-0.2, -0.15) is 5.10 Å². The number of fused-ring (bicyclic) bond motifs is 2. The Morgan fingerprint density at radius 2 is 1.87 bits per heavy atom. The number of hydrogen-bond acceptors (Lipinski definition) is 5. The lowest BCUT2D eigenvalue weighted by Crippen LogP contribution is -2.44. The fraction of sp³-hybridized carbons (Fsp3) is 0.333. The highest BCUT2D eigenvalue weighted by molar-refractivity contribution is 6.02. The maximum atomic E-state index is 13.4. The highest BCUT2D eigenvalue weighted by atomic mass is 16.5. The molecule has 7 heteroatoms. The molecule has 6 rings (SSSR count). The predicted octanol–water partition coefficient (Wildman–Crippen LogP) is 3.98. The lowest BCUT2D eigenvalue weighted by Gasteiger charge is -2.38. The van der Waals surface area contributed by atoms with Crippen LogP contribution in [-0.2, 0) is 7.05 Å². The number of aryl methyl sites for hydroxylation is 1. The van der Waals surface area contributed by atoms with Gasteiger partial charge in [-0.25, -0.2) is 0 Å². The van der Waals surface area contributed by atoms with Crippen LogP contribution in [0.3, 0.4) is 0 Å². The summed E-state index contributed by atoms with van der Waals surface area (Å²) < 4.78 is 13.5. The van der Waals surface area contributed by atoms with Crippen molar-refractivity contribution in [2.75, 3.05) is 18.5 Å². The molecule has 0 unspecified atom stereocenters. The van der Waals surface area contributed by atoms with Gasteiger partial charge in [-0.05, 0) is 43.2 Å². The van der Waals surface area contributed by atoms with Gasteiger partial charge in [0.1, 0.15) is 6.17 Å². The van der Waals surface area contributed by atoms with E-state index in [9.17, 15) is 4.79 Å². The van der Waals surface area contributed by atoms with Gasteiger partial charge in [-0.15, -0.1) is 0 Å². The van der Waals surface area contributed by atoms with Crippen molar-refractivity contribution in [1.82, 2.24) is 14.7 Å². The van der Waals surface area contributed by atoms with Crippen LogP contribution in [0.25, 0.3) is 11.3 Å². The number of para-hydroxylation sites is 1. The number of carbonyl (C=O) groups is 1. The van der Waals surface area contributed by atoms with Gasteiger partial charge in [0, 0.05) is 42.5 Å². The Bertz CT molecular complexity index is 1170. The van der Waals surface area contributed by atoms with Gasteiger partial charge >= 0.3 is 0 Å². The van der Waals surface area contributed by atoms with Crippen LogP contribution in [0.2, 0.25) is 0 Å². The topological polar surface area (TPSA) is 68.6 Å². The van der Waals surface area contributed by atoms with Crippen LogP contribution in [0.4, 0.5) is 5.69 Å². The molecular weight excluding hydrogens is 392 g/mol. The SMILES string of the molecule is Cn1cc([C@H]2Nc3ccccc3C(=O)N2C2CC2)c(-c2ccc3c(c2)OCCCO3)n1. The molecule has 3 heterocycles. The van der Waals surface area contributed by atoms with Crippen molar-refractivity contribution in [3.8, 4) is 22.8 Å². The summed E-state index contributed by atoms with van der Waals surface area (Å²) in [6.07, 6.45) is 4.67. The van der Waals surface area contributed by atoms with E-state index in [-0.39, 0.29) is 18.1 Å². The van der Waals surface area contributed by atoms with E-state index >= 15 is 0 Å². The molecule has 1 atom stereocenters. The van der Waals surface area contributed by atoms with Crippen molar-refractivity contribution in [2.24, 2.45) is 7.05 Å². The van der Waals surface area contributed by atoms with Crippen molar-refractivity contribution in [1.29, 1.82) is 0 Å². The van der Waals surface area contributed by atoms with E-state index in [0.717, 1.165) is 58.8 Å². The number of ether oxygens (including phenoxy) is 2. The lowest BCUT2D eigenvalue weighted by atomic mass is 10.0. The molecule has 7 nitrogen and oxygen atoms in total. The number of hydrogen-bond donors (Lipinski definition) is 1. The maximum absolute atomic E-state index is 13.4. The van der Waals surface area contributed by atoms with Gasteiger partial charge < -0.3 is 19.7 Å². The predicted molar refractivity (Wildman–Crippen MR) is 116 cm³/mol. The fourth-order valence-corrected chi connectivity index (χ4v) is 4.47. The lowest BCUT2D eigenvalue weighted by molar-refractivity contribution is 0.0667. The zero-order valence-corrected chi connectivity index (χ0v) is 17.4. The van der Waals surface area contributed by atoms with Gasteiger partial charge in [-0.1, -0.05) is 12.1 Å². The number of rotatable bonds is 3. The summed E-state index contributed by atoms with van der Waals surface area (Å²) in [7, 11) is 1.91. The van der Waals surface area contributed by atoms with Crippen LogP contribution in [0, 0.1) is 0 Å². The van der Waals surface area contributed by atoms with Crippen LogP contribution in [0.5, 0.6) is 11.5 Å². The minimum atomic E-state index is -0.269. The van der Waals surface area contributed by atoms with E-state index in [2.05, 4.69) is 5.32 Å². The number of aromatic nitrogens is 2. The summed E-state index contributed by atoms with van der Waals surface area (Å²) in [6.45, 7) is 1.29. The zero-order valence-electron chi connectivity index (χ0n) is 17.4. The summed E-state index contributed by atoms with van der Waals surface area (Å²) in [5, 5.41) is 8.37. The molecule has 31 heavy (non-hydrogen) atoms. The second kappa shape index (κ2) is 7.04. The van der Waals surface area contributed by atoms with Crippen LogP contribution in [0.15, 0.2) is 48.7 Å². The highest BCUT2D eigenvalue weighted by Crippen LogP contribution is 2.43. The van der Waals surface area contributed by atoms with Crippen molar-refractivity contribution in [3.63, 3.8) is 0 Å². The highest BCUT2D eigenvalue weighted by Gasteiger charge is 2.43. The Kier molecular flexibility index (Phi) is 4.16. The Hall–Kier alpha value is -3.48. The van der Waals surface area contributed by atoms with Gasteiger partial charge in [0.05, 0.1) is 24.5 Å². The average molecular weight is 416 g/mol. The minimum absolute atomic E-state index is 0.0790. The molecule has 1 N–H and O–H groups in total. The quantitative estimate of drug-likeness (QED) is 0.700. The molecule has 1 aromatic heterocycles. The first-order valence-electron chi connectivity index (χ1n) is 10.8. The third-order valence-electron chi connectivity index (χ3n) is 6.08. The molecule has 3 aromatic rings. The molecule has 3 aliphatic rings. The summed E-state index contributed by atoms with van der Waals surface area (Å²) in [6, 6.07) is 13.9. The molecular formula is C24H24N4O3. The molecule has 0 saturated heterocycles. The zero-order chi connectivity index (χ0) is 20.9. The molecule has 1 fully saturated rings. The Balaban J connectivity index is 1.45. The van der Waals surface area contributed by atoms with Crippen LogP contribution < -0.4 is 14.8 Å². The number of benzene rings is 2. The first kappa shape index (κ1) is 18.3. The minimum Gasteiger partial charge on any atom is -0.490 e. The molecule has 0 radical (unpaired) electrons. The van der Waals surface area contributed by atoms with E-state index in [1.54, 1.807) is 0 Å². The third kappa shape index (κ3) is 3.12. The van der Waals surface area contributed by atoms with Crippen LogP contribution in [-0.4, -0.2) is 39.8 Å². The van der Waals surface area contributed by atoms with E-state index in [1.165, 1.54) is 0 Å². The van der Waals surface area contributed by atoms with Crippen molar-refractivity contribution in [3.05, 3.63) is 59.8 Å². The van der Waals surface area contributed by atoms with Crippen molar-refractivity contribution < 1.29 is 14.3 Å². The summed E-state index contributed by atoms with van der Waals surface area (Å²) in [5.74, 6) is 1.58. The number of nitrogens with zero attached hydrogens (tertiary/aromatic N) is 3. The van der Waals surface area contributed by atoms with E-state index in [1.807, 2.05) is 65.3 Å². The second-order valence-corrected chi connectivity index (χ2v) is 8.35. The number of carbonyl (C=O) groups excluding carboxylic acids is 1. The summed E-state index contributed by atoms with van der Waals surface area (Å²) in [4.78, 5) is 15.4. The maximum Gasteiger partial charge on any atom is 0.258 e. The Morgan fingerprint density at radius 3 is 2.71 bits per heavy atom. The van der Waals surface area contributed by atoms with E-state index < -0.39 is 0 Å². The van der Waals surface area contributed by atoms with E-state index in [4.69, 9.17) is 14.6 Å². The molecule has 2 aromatic carbocycles. The molecule has 1 amide bonds. The molecule has 158 valence electrons. The number of nitrogens with one attached hydrogen (secondary N) is 1. The molecule has 1 saturated carbocycles. The third-order valence-corrected chi connectivity index (χ3v) is 6.08. The molecule has 2 aliphatic heterocycles. The summed E-state index contributed by atoms with van der Waals surface area (Å²) in [5.41, 5.74) is 4.36. The molecule has 0 spiro atoms. The fourth-order valence-electron chi connectivity index (χ4n) is 4.47. The smallest absolute Gasteiger partial charge is 0.258 e. The molecule has 1 aliphatic carbocycles. The Morgan fingerprint density at radius 1 is 1.06 bits per heavy atom. The van der Waals surface area contributed by atoms with Crippen LogP contribution >= 0.6 is 0 Å². The standard InChI is InChI=1S/C24H24N4O3/c1-27-14-18(22(26-27)15-7-10-20-21(13-15)31-12-4-11-30-20)23-25-19-6-3-2-5-17(19)24(29)28(23)16-8-9-16/h2-3,5-7,10,13-14,16,23,25H,4,8-9,11-12H2,1H3/t23-/m0/s1. The molecule has 0 bridgehead atoms. The van der Waals surface area contributed by atoms with Gasteiger partial charge in [-0.3, -0.25) is 9.48 Å². The Labute approximate surface area is 180 Å². The largest absolute Gasteiger partial charge is 0.490 e. The van der Waals surface area contributed by atoms with Gasteiger partial charge in [0.25, 0.3) is 5.91 Å². The van der Waals surface area contributed by atoms with E-state index in [0.29, 0.717) is 13.2 Å². The first-order chi connectivity index (χ1) is 15.2. The van der Waals surface area contributed by atoms with Gasteiger partial charge in [0.15, 0.2) is 11.5 Å². The van der Waals surface area contributed by atoms with Crippen LogP contribution in [0.1, 0.15) is 41.3 Å². The monoisotopic (exact) mass is 416 g/mol. The average Bonchev–Trinajstić information content (AvgIpc) is 3.58. The first-order valence-corrected chi connectivity index (χ1v) is 10.8.